The molecule has 2 saturated heterocycles. The van der Waals surface area contributed by atoms with Crippen molar-refractivity contribution in [3.05, 3.63) is 35.9 Å². The molecule has 0 unspecified atom stereocenters. The van der Waals surface area contributed by atoms with Gasteiger partial charge in [0.1, 0.15) is 0 Å². The molecule has 0 radical (unpaired) electrons. The third kappa shape index (κ3) is 3.31. The number of amides is 3. The Morgan fingerprint density at radius 3 is 2.50 bits per heavy atom. The van der Waals surface area contributed by atoms with Gasteiger partial charge in [0.2, 0.25) is 5.91 Å². The summed E-state index contributed by atoms with van der Waals surface area (Å²) in [4.78, 5) is 29.4. The zero-order chi connectivity index (χ0) is 18.1. The zero-order valence-corrected chi connectivity index (χ0v) is 15.6. The number of hydrogen-bond donors (Lipinski definition) is 1. The number of benzene rings is 1. The molecule has 1 aliphatic carbocycles. The monoisotopic (exact) mass is 355 g/mol. The van der Waals surface area contributed by atoms with Crippen LogP contribution in [0.2, 0.25) is 0 Å². The minimum Gasteiger partial charge on any atom is -0.339 e. The van der Waals surface area contributed by atoms with Gasteiger partial charge in [-0.3, -0.25) is 4.79 Å². The summed E-state index contributed by atoms with van der Waals surface area (Å²) in [7, 11) is 0. The second-order valence-corrected chi connectivity index (χ2v) is 8.19. The van der Waals surface area contributed by atoms with Crippen molar-refractivity contribution in [1.29, 1.82) is 0 Å². The van der Waals surface area contributed by atoms with Gasteiger partial charge in [0, 0.05) is 32.2 Å². The maximum Gasteiger partial charge on any atom is 0.317 e. The van der Waals surface area contributed by atoms with Crippen molar-refractivity contribution in [2.45, 2.75) is 51.0 Å². The molecule has 1 spiro atoms. The molecule has 5 nitrogen and oxygen atoms in total. The van der Waals surface area contributed by atoms with Gasteiger partial charge in [-0.25, -0.2) is 4.79 Å². The van der Waals surface area contributed by atoms with E-state index in [0.29, 0.717) is 18.5 Å². The van der Waals surface area contributed by atoms with E-state index in [1.165, 1.54) is 0 Å². The maximum absolute atomic E-state index is 13.1. The van der Waals surface area contributed by atoms with Crippen LogP contribution in [0, 0.1) is 5.41 Å². The Labute approximate surface area is 155 Å². The van der Waals surface area contributed by atoms with Crippen LogP contribution in [-0.2, 0) is 4.79 Å². The van der Waals surface area contributed by atoms with Gasteiger partial charge >= 0.3 is 6.03 Å². The van der Waals surface area contributed by atoms with Crippen LogP contribution >= 0.6 is 0 Å². The molecule has 3 fully saturated rings. The predicted octanol–water partition coefficient (Wildman–Crippen LogP) is 2.98. The van der Waals surface area contributed by atoms with Crippen molar-refractivity contribution < 1.29 is 9.59 Å². The third-order valence-electron chi connectivity index (χ3n) is 6.35. The Kier molecular flexibility index (Phi) is 4.63. The molecule has 1 atom stereocenters. The molecule has 1 saturated carbocycles. The number of carbonyl (C=O) groups is 2. The first-order chi connectivity index (χ1) is 12.6. The van der Waals surface area contributed by atoms with E-state index in [9.17, 15) is 9.59 Å². The smallest absolute Gasteiger partial charge is 0.317 e. The highest BCUT2D eigenvalue weighted by molar-refractivity contribution is 5.85. The fourth-order valence-corrected chi connectivity index (χ4v) is 4.67. The van der Waals surface area contributed by atoms with Gasteiger partial charge in [0.05, 0.1) is 5.92 Å². The fraction of sp³-hybridized carbons (Fsp3) is 0.619. The van der Waals surface area contributed by atoms with E-state index in [-0.39, 0.29) is 17.4 Å². The van der Waals surface area contributed by atoms with Crippen molar-refractivity contribution in [2.75, 3.05) is 26.2 Å². The molecule has 2 aliphatic heterocycles. The lowest BCUT2D eigenvalue weighted by molar-refractivity contribution is -0.142. The lowest BCUT2D eigenvalue weighted by atomic mass is 9.67. The van der Waals surface area contributed by atoms with Crippen molar-refractivity contribution in [3.8, 4) is 0 Å². The van der Waals surface area contributed by atoms with E-state index >= 15 is 0 Å². The normalized spacial score (nSPS) is 25.4. The molecule has 5 heteroatoms. The Morgan fingerprint density at radius 1 is 1.19 bits per heavy atom. The van der Waals surface area contributed by atoms with Crippen molar-refractivity contribution in [1.82, 2.24) is 15.1 Å². The van der Waals surface area contributed by atoms with Crippen LogP contribution in [-0.4, -0.2) is 54.0 Å². The molecule has 3 amide bonds. The summed E-state index contributed by atoms with van der Waals surface area (Å²) in [5.41, 5.74) is 1.30. The van der Waals surface area contributed by atoms with Crippen LogP contribution < -0.4 is 5.32 Å². The number of carbonyl (C=O) groups excluding carboxylic acids is 2. The molecule has 1 aromatic carbocycles. The lowest BCUT2D eigenvalue weighted by Gasteiger charge is -2.50. The van der Waals surface area contributed by atoms with Crippen LogP contribution in [0.5, 0.6) is 0 Å². The quantitative estimate of drug-likeness (QED) is 0.906. The fourth-order valence-electron chi connectivity index (χ4n) is 4.67. The van der Waals surface area contributed by atoms with Crippen LogP contribution in [0.3, 0.4) is 0 Å². The van der Waals surface area contributed by atoms with E-state index in [2.05, 4.69) is 22.3 Å². The Balaban J connectivity index is 1.53. The van der Waals surface area contributed by atoms with Gasteiger partial charge < -0.3 is 15.1 Å². The molecule has 1 N–H and O–H groups in total. The van der Waals surface area contributed by atoms with E-state index in [1.807, 2.05) is 30.0 Å². The molecule has 0 aromatic heterocycles. The first kappa shape index (κ1) is 17.4. The largest absolute Gasteiger partial charge is 0.339 e. The molecule has 2 heterocycles. The summed E-state index contributed by atoms with van der Waals surface area (Å²) in [5, 5.41) is 2.91. The second kappa shape index (κ2) is 6.93. The molecule has 26 heavy (non-hydrogen) atoms. The summed E-state index contributed by atoms with van der Waals surface area (Å²) in [6.45, 7) is 5.08. The van der Waals surface area contributed by atoms with E-state index in [0.717, 1.165) is 57.3 Å². The highest BCUT2D eigenvalue weighted by Gasteiger charge is 2.49. The number of hydrogen-bond acceptors (Lipinski definition) is 2. The minimum absolute atomic E-state index is 0.0263. The van der Waals surface area contributed by atoms with E-state index < -0.39 is 0 Å². The standard InChI is InChI=1S/C21H29N3O2/c1-2-22-20(26)23-12-10-21(11-13-23)14-18(16-6-4-3-5-7-16)19(25)24(15-21)17-8-9-17/h3-7,17-18H,2,8-15H2,1H3,(H,22,26)/t18-/m1/s1. The third-order valence-corrected chi connectivity index (χ3v) is 6.35. The average molecular weight is 355 g/mol. The van der Waals surface area contributed by atoms with E-state index in [4.69, 9.17) is 0 Å². The van der Waals surface area contributed by atoms with Crippen LogP contribution in [0.1, 0.15) is 50.5 Å². The highest BCUT2D eigenvalue weighted by atomic mass is 16.2. The number of rotatable bonds is 3. The van der Waals surface area contributed by atoms with Crippen LogP contribution in [0.15, 0.2) is 30.3 Å². The summed E-state index contributed by atoms with van der Waals surface area (Å²) >= 11 is 0. The number of nitrogens with zero attached hydrogens (tertiary/aromatic N) is 2. The Hall–Kier alpha value is -2.04. The second-order valence-electron chi connectivity index (χ2n) is 8.19. The first-order valence-electron chi connectivity index (χ1n) is 10.00. The number of nitrogens with one attached hydrogen (secondary N) is 1. The molecule has 4 rings (SSSR count). The van der Waals surface area contributed by atoms with Crippen LogP contribution in [0.4, 0.5) is 4.79 Å². The Morgan fingerprint density at radius 2 is 1.88 bits per heavy atom. The maximum atomic E-state index is 13.1. The molecular formula is C21H29N3O2. The van der Waals surface area contributed by atoms with E-state index in [1.54, 1.807) is 0 Å². The highest BCUT2D eigenvalue weighted by Crippen LogP contribution is 2.48. The molecule has 140 valence electrons. The number of piperidine rings is 2. The molecule has 0 bridgehead atoms. The SMILES string of the molecule is CCNC(=O)N1CCC2(CC1)C[C@H](c1ccccc1)C(=O)N(C1CC1)C2. The van der Waals surface area contributed by atoms with Gasteiger partial charge in [-0.15, -0.1) is 0 Å². The first-order valence-corrected chi connectivity index (χ1v) is 10.00. The van der Waals surface area contributed by atoms with Crippen LogP contribution in [0.25, 0.3) is 0 Å². The van der Waals surface area contributed by atoms with Crippen molar-refractivity contribution in [2.24, 2.45) is 5.41 Å². The van der Waals surface area contributed by atoms with Gasteiger partial charge in [-0.2, -0.15) is 0 Å². The summed E-state index contributed by atoms with van der Waals surface area (Å²) < 4.78 is 0. The zero-order valence-electron chi connectivity index (χ0n) is 15.6. The van der Waals surface area contributed by atoms with Gasteiger partial charge in [-0.1, -0.05) is 30.3 Å². The molecular weight excluding hydrogens is 326 g/mol. The van der Waals surface area contributed by atoms with Crippen molar-refractivity contribution >= 4 is 11.9 Å². The minimum atomic E-state index is -0.0263. The van der Waals surface area contributed by atoms with Gasteiger partial charge in [0.15, 0.2) is 0 Å². The molecule has 1 aromatic rings. The number of urea groups is 1. The summed E-state index contributed by atoms with van der Waals surface area (Å²) in [6.07, 6.45) is 5.19. The lowest BCUT2D eigenvalue weighted by Crippen LogP contribution is -2.56. The summed E-state index contributed by atoms with van der Waals surface area (Å²) in [6, 6.07) is 10.8. The molecule has 3 aliphatic rings. The van der Waals surface area contributed by atoms with Gasteiger partial charge in [0.25, 0.3) is 0 Å². The topological polar surface area (TPSA) is 52.7 Å². The average Bonchev–Trinajstić information content (AvgIpc) is 3.50. The summed E-state index contributed by atoms with van der Waals surface area (Å²) in [5.74, 6) is 0.289. The number of likely N-dealkylation sites (tertiary alicyclic amines) is 2. The Bertz CT molecular complexity index is 663. The predicted molar refractivity (Wildman–Crippen MR) is 101 cm³/mol. The van der Waals surface area contributed by atoms with Gasteiger partial charge in [-0.05, 0) is 50.0 Å². The van der Waals surface area contributed by atoms with Crippen molar-refractivity contribution in [3.63, 3.8) is 0 Å².